The van der Waals surface area contributed by atoms with Crippen molar-refractivity contribution < 1.29 is 32.7 Å². The molecule has 437 valence electrons. The van der Waals surface area contributed by atoms with Crippen LogP contribution < -0.4 is 10.6 Å². The summed E-state index contributed by atoms with van der Waals surface area (Å²) in [5.41, 5.74) is 7.34. The summed E-state index contributed by atoms with van der Waals surface area (Å²) < 4.78 is 0. The Balaban J connectivity index is 0.000000927. The van der Waals surface area contributed by atoms with Crippen LogP contribution in [0.25, 0.3) is 49.3 Å². The van der Waals surface area contributed by atoms with Crippen molar-refractivity contribution in [2.45, 2.75) is 116 Å². The number of benzene rings is 10. The number of aromatic nitrogens is 1. The van der Waals surface area contributed by atoms with E-state index in [-0.39, 0.29) is 32.7 Å². The van der Waals surface area contributed by atoms with Crippen LogP contribution in [-0.2, 0) is 52.1 Å². The first-order chi connectivity index (χ1) is 41.2. The van der Waals surface area contributed by atoms with Gasteiger partial charge in [0.2, 0.25) is 0 Å². The van der Waals surface area contributed by atoms with E-state index in [1.54, 1.807) is 0 Å². The van der Waals surface area contributed by atoms with E-state index in [1.807, 2.05) is 213 Å². The van der Waals surface area contributed by atoms with Gasteiger partial charge < -0.3 is 6.92 Å². The molecule has 4 nitrogen and oxygen atoms in total. The SMILES string of the molecule is C1=NCc2ccccc21.C1=Nc2ccccc2C1.C1=c2ccccc2=NC1.CC.CC.CC.CC.CC.CC.CC.[CH2-]Cc1[c-]cccc1.[Y].c1ccc2cc3ccccc3cc2c1.c1ccc2ccccc2c1.c1ccc2ncccc2c1. The van der Waals surface area contributed by atoms with E-state index in [0.717, 1.165) is 42.5 Å². The van der Waals surface area contributed by atoms with E-state index < -0.39 is 0 Å². The van der Waals surface area contributed by atoms with E-state index in [9.17, 15) is 0 Å². The van der Waals surface area contributed by atoms with Crippen molar-refractivity contribution in [3.63, 3.8) is 0 Å². The van der Waals surface area contributed by atoms with Gasteiger partial charge >= 0.3 is 0 Å². The van der Waals surface area contributed by atoms with Gasteiger partial charge in [-0.1, -0.05) is 285 Å². The van der Waals surface area contributed by atoms with Gasteiger partial charge in [0, 0.05) is 63.1 Å². The Morgan fingerprint density at radius 3 is 1.35 bits per heavy atom. The van der Waals surface area contributed by atoms with Gasteiger partial charge in [0.25, 0.3) is 0 Å². The maximum absolute atomic E-state index is 4.24. The number of fused-ring (bicyclic) bond motifs is 7. The third kappa shape index (κ3) is 28.2. The van der Waals surface area contributed by atoms with Gasteiger partial charge in [-0.15, -0.1) is 0 Å². The van der Waals surface area contributed by atoms with Crippen LogP contribution in [0.2, 0.25) is 0 Å². The van der Waals surface area contributed by atoms with E-state index in [1.165, 1.54) is 65.2 Å². The zero-order valence-electron chi connectivity index (χ0n) is 53.3. The monoisotopic (exact) mass is 1190 g/mol. The van der Waals surface area contributed by atoms with Gasteiger partial charge in [-0.05, 0) is 90.6 Å². The summed E-state index contributed by atoms with van der Waals surface area (Å²) in [5, 5.41) is 11.5. The molecule has 0 spiro atoms. The molecule has 0 bridgehead atoms. The number of pyridine rings is 1. The Kier molecular flexibility index (Phi) is 46.6. The molecule has 0 fully saturated rings. The topological polar surface area (TPSA) is 50.0 Å². The van der Waals surface area contributed by atoms with Gasteiger partial charge in [-0.3, -0.25) is 20.0 Å². The molecule has 0 saturated carbocycles. The molecule has 0 N–H and O–H groups in total. The largest absolute Gasteiger partial charge is 0.341 e. The molecule has 0 unspecified atom stereocenters. The molecule has 11 aromatic rings. The predicted octanol–water partition coefficient (Wildman–Crippen LogP) is 21.8. The fraction of sp³-hybridized carbons (Fsp3) is 0.228. The Hall–Kier alpha value is -7.50. The Morgan fingerprint density at radius 2 is 0.869 bits per heavy atom. The van der Waals surface area contributed by atoms with Crippen molar-refractivity contribution in [1.29, 1.82) is 0 Å². The van der Waals surface area contributed by atoms with Crippen LogP contribution in [0.3, 0.4) is 0 Å². The molecule has 84 heavy (non-hydrogen) atoms. The summed E-state index contributed by atoms with van der Waals surface area (Å²) in [7, 11) is 0. The molecule has 1 aromatic heterocycles. The zero-order valence-corrected chi connectivity index (χ0v) is 56.1. The van der Waals surface area contributed by atoms with Crippen LogP contribution in [-0.4, -0.2) is 24.0 Å². The summed E-state index contributed by atoms with van der Waals surface area (Å²) in [5.74, 6) is 0. The molecule has 0 aliphatic carbocycles. The van der Waals surface area contributed by atoms with Crippen LogP contribution in [0.1, 0.15) is 119 Å². The fourth-order valence-electron chi connectivity index (χ4n) is 7.76. The zero-order chi connectivity index (χ0) is 61.1. The summed E-state index contributed by atoms with van der Waals surface area (Å²) in [6, 6.07) is 85.8. The predicted molar refractivity (Wildman–Crippen MR) is 374 cm³/mol. The normalized spacial score (nSPS) is 9.99. The summed E-state index contributed by atoms with van der Waals surface area (Å²) in [6.07, 6.45) is 9.66. The van der Waals surface area contributed by atoms with E-state index in [0.29, 0.717) is 0 Å². The number of rotatable bonds is 1. The minimum atomic E-state index is 0. The molecule has 3 aliphatic heterocycles. The maximum atomic E-state index is 4.24. The van der Waals surface area contributed by atoms with Crippen LogP contribution in [0.5, 0.6) is 0 Å². The maximum Gasteiger partial charge on any atom is 0.0701 e. The molecule has 1 radical (unpaired) electrons. The Bertz CT molecular complexity index is 3150. The van der Waals surface area contributed by atoms with Crippen molar-refractivity contribution >= 4 is 67.4 Å². The van der Waals surface area contributed by atoms with Crippen molar-refractivity contribution in [3.8, 4) is 0 Å². The molecular formula is C79H96N4Y-2. The van der Waals surface area contributed by atoms with Crippen LogP contribution in [0.15, 0.2) is 264 Å². The minimum absolute atomic E-state index is 0. The summed E-state index contributed by atoms with van der Waals surface area (Å²) in [6.45, 7) is 33.5. The molecule has 4 heterocycles. The second-order valence-corrected chi connectivity index (χ2v) is 16.1. The van der Waals surface area contributed by atoms with Crippen molar-refractivity contribution in [2.24, 2.45) is 15.0 Å². The number of aliphatic imine (C=N–C) groups is 2. The van der Waals surface area contributed by atoms with Crippen LogP contribution in [0.4, 0.5) is 5.69 Å². The van der Waals surface area contributed by atoms with E-state index >= 15 is 0 Å². The van der Waals surface area contributed by atoms with Crippen molar-refractivity contribution in [2.75, 3.05) is 6.54 Å². The molecule has 0 atom stereocenters. The quantitative estimate of drug-likeness (QED) is 0.119. The van der Waals surface area contributed by atoms with E-state index in [2.05, 4.69) is 185 Å². The number of nitrogens with zero attached hydrogens (tertiary/aromatic N) is 4. The van der Waals surface area contributed by atoms with Crippen LogP contribution >= 0.6 is 0 Å². The molecule has 14 rings (SSSR count). The first-order valence-electron chi connectivity index (χ1n) is 30.3. The molecule has 10 aromatic carbocycles. The first kappa shape index (κ1) is 76.5. The smallest absolute Gasteiger partial charge is 0.0701 e. The number of hydrogen-bond acceptors (Lipinski definition) is 4. The minimum Gasteiger partial charge on any atom is -0.341 e. The van der Waals surface area contributed by atoms with Gasteiger partial charge in [-0.2, -0.15) is 42.3 Å². The number of para-hydroxylation sites is 3. The fourth-order valence-corrected chi connectivity index (χ4v) is 7.76. The van der Waals surface area contributed by atoms with Gasteiger partial charge in [0.05, 0.1) is 29.7 Å². The number of hydrogen-bond donors (Lipinski definition) is 0. The molecule has 3 aliphatic rings. The first-order valence-corrected chi connectivity index (χ1v) is 30.3. The second kappa shape index (κ2) is 51.2. The molecule has 5 heteroatoms. The Morgan fingerprint density at radius 1 is 0.429 bits per heavy atom. The average Bonchev–Trinajstić information content (AvgIpc) is 4.54. The molecule has 0 amide bonds. The Labute approximate surface area is 533 Å². The molecule has 0 saturated heterocycles. The third-order valence-corrected chi connectivity index (χ3v) is 11.4. The molecular weight excluding hydrogens is 1090 g/mol. The third-order valence-electron chi connectivity index (χ3n) is 11.4. The standard InChI is InChI=1S/C14H10.C10H8.C9H7N.3C8H7N.C8H8.7C2H6.Y/c1-2-6-12-10-14-8-4-3-7-13(14)9-11(12)5-1;1-2-6-10-8-4-3-7-9(10)5-1;1-2-6-9-8(4-1)5-3-7-10-9;1-2-4-8-6-9-5-7(8)3-1;2*1-2-4-8-7(3-1)5-6-9-8;1-2-8-6-4-3-5-7-8;7*1-2;/h1-10H;1-8H;1-7H;1-5H,6H2;1-4,6H,5H2;1-5H,6H2;3-6H,1-2H2;7*1-2H3;/q;;;;;;-2;;;;;;;;. The van der Waals surface area contributed by atoms with Gasteiger partial charge in [0.1, 0.15) is 0 Å². The summed E-state index contributed by atoms with van der Waals surface area (Å²) >= 11 is 0. The van der Waals surface area contributed by atoms with E-state index in [4.69, 9.17) is 0 Å². The van der Waals surface area contributed by atoms with Gasteiger partial charge in [0.15, 0.2) is 0 Å². The van der Waals surface area contributed by atoms with Crippen LogP contribution in [0, 0.1) is 13.0 Å². The summed E-state index contributed by atoms with van der Waals surface area (Å²) in [4.78, 5) is 16.7. The van der Waals surface area contributed by atoms with Gasteiger partial charge in [-0.25, -0.2) is 0 Å². The second-order valence-electron chi connectivity index (χ2n) is 16.1. The average molecular weight is 1190 g/mol. The van der Waals surface area contributed by atoms with Crippen molar-refractivity contribution in [3.05, 3.63) is 295 Å². The van der Waals surface area contributed by atoms with Crippen molar-refractivity contribution in [1.82, 2.24) is 4.98 Å².